The first-order chi connectivity index (χ1) is 19.0. The molecule has 1 aliphatic rings. The van der Waals surface area contributed by atoms with Crippen LogP contribution in [-0.4, -0.2) is 54.1 Å². The van der Waals surface area contributed by atoms with Crippen LogP contribution in [0.15, 0.2) is 50.5 Å². The molecule has 196 valence electrons. The lowest BCUT2D eigenvalue weighted by Gasteiger charge is -2.04. The fourth-order valence-electron chi connectivity index (χ4n) is 3.58. The second-order valence-electron chi connectivity index (χ2n) is 7.73. The molecule has 0 bridgehead atoms. The number of hydrogen-bond acceptors (Lipinski definition) is 15. The predicted molar refractivity (Wildman–Crippen MR) is 137 cm³/mol. The first-order valence-electron chi connectivity index (χ1n) is 10.9. The summed E-state index contributed by atoms with van der Waals surface area (Å²) < 4.78 is 18.1. The fourth-order valence-corrected chi connectivity index (χ4v) is 5.64. The van der Waals surface area contributed by atoms with E-state index in [9.17, 15) is 14.9 Å². The largest absolute Gasteiger partial charge is 0.454 e. The Labute approximate surface area is 224 Å². The summed E-state index contributed by atoms with van der Waals surface area (Å²) in [6.45, 7) is -0.0527. The summed E-state index contributed by atoms with van der Waals surface area (Å²) in [5, 5.41) is 30.6. The molecule has 3 N–H and O–H groups in total. The maximum atomic E-state index is 13.0. The van der Waals surface area contributed by atoms with Gasteiger partial charge in [0.2, 0.25) is 18.4 Å². The molecule has 0 saturated carbocycles. The lowest BCUT2D eigenvalue weighted by atomic mass is 10.1. The quantitative estimate of drug-likeness (QED) is 0.120. The minimum absolute atomic E-state index is 0.0498. The fraction of sp³-hybridized carbons (Fsp3) is 0.0952. The van der Waals surface area contributed by atoms with Crippen molar-refractivity contribution in [2.24, 2.45) is 5.10 Å². The molecule has 0 radical (unpaired) electrons. The topological polar surface area (TPSA) is 212 Å². The number of amides is 1. The van der Waals surface area contributed by atoms with Crippen LogP contribution in [0.4, 0.5) is 11.5 Å². The number of thiazole rings is 1. The molecule has 1 aliphatic heterocycles. The highest BCUT2D eigenvalue weighted by molar-refractivity contribution is 8.00. The molecule has 16 nitrogen and oxygen atoms in total. The number of hydrazone groups is 1. The number of thioether (sulfide) groups is 1. The molecule has 39 heavy (non-hydrogen) atoms. The number of fused-ring (bicyclic) bond motifs is 2. The standard InChI is InChI=1S/C21H14N10O6S2/c22-18-19(28-37-27-18)30-13(8-38-21-24-11-3-1-2-4-16(11)39-21)17(25-29-30)20(32)26-23-7-10-5-14-15(36-9-35-14)6-12(10)31(33)34/h1-7H,8-9H2,(H2,22,27)(H,26,32). The lowest BCUT2D eigenvalue weighted by Crippen LogP contribution is -2.20. The molecule has 6 rings (SSSR count). The Kier molecular flexibility index (Phi) is 6.21. The third-order valence-corrected chi connectivity index (χ3v) is 7.56. The summed E-state index contributed by atoms with van der Waals surface area (Å²) >= 11 is 2.85. The van der Waals surface area contributed by atoms with E-state index in [4.69, 9.17) is 15.2 Å². The van der Waals surface area contributed by atoms with Crippen LogP contribution in [0.2, 0.25) is 0 Å². The van der Waals surface area contributed by atoms with Gasteiger partial charge in [0.15, 0.2) is 21.5 Å². The minimum Gasteiger partial charge on any atom is -0.454 e. The van der Waals surface area contributed by atoms with Gasteiger partial charge in [-0.15, -0.1) is 16.4 Å². The molecule has 5 aromatic rings. The minimum atomic E-state index is -0.726. The molecular formula is C21H14N10O6S2. The van der Waals surface area contributed by atoms with Crippen molar-refractivity contribution in [3.05, 3.63) is 63.5 Å². The van der Waals surface area contributed by atoms with Crippen LogP contribution in [0.3, 0.4) is 0 Å². The first-order valence-corrected chi connectivity index (χ1v) is 12.7. The number of nitrogen functional groups attached to an aromatic ring is 1. The Morgan fingerprint density at radius 2 is 2.10 bits per heavy atom. The number of nitro groups is 1. The highest BCUT2D eigenvalue weighted by atomic mass is 32.2. The zero-order valence-electron chi connectivity index (χ0n) is 19.4. The third kappa shape index (κ3) is 4.68. The number of nitrogens with zero attached hydrogens (tertiary/aromatic N) is 8. The van der Waals surface area contributed by atoms with E-state index in [0.29, 0.717) is 11.4 Å². The van der Waals surface area contributed by atoms with E-state index < -0.39 is 10.8 Å². The average Bonchev–Trinajstić information content (AvgIpc) is 3.72. The molecule has 2 aromatic carbocycles. The van der Waals surface area contributed by atoms with Crippen molar-refractivity contribution in [1.29, 1.82) is 0 Å². The van der Waals surface area contributed by atoms with Crippen LogP contribution in [0.5, 0.6) is 11.5 Å². The average molecular weight is 567 g/mol. The van der Waals surface area contributed by atoms with Crippen molar-refractivity contribution < 1.29 is 23.8 Å². The molecule has 4 heterocycles. The number of hydrogen-bond donors (Lipinski definition) is 2. The van der Waals surface area contributed by atoms with Gasteiger partial charge in [-0.3, -0.25) is 14.9 Å². The molecular weight excluding hydrogens is 552 g/mol. The Morgan fingerprint density at radius 3 is 2.87 bits per heavy atom. The van der Waals surface area contributed by atoms with Crippen LogP contribution in [0, 0.1) is 10.1 Å². The Hall–Kier alpha value is -5.10. The van der Waals surface area contributed by atoms with Gasteiger partial charge >= 0.3 is 0 Å². The number of carbonyl (C=O) groups is 1. The number of ether oxygens (including phenoxy) is 2. The predicted octanol–water partition coefficient (Wildman–Crippen LogP) is 2.54. The van der Waals surface area contributed by atoms with Gasteiger partial charge in [0.25, 0.3) is 11.6 Å². The molecule has 18 heteroatoms. The summed E-state index contributed by atoms with van der Waals surface area (Å²) in [6, 6.07) is 10.3. The van der Waals surface area contributed by atoms with Gasteiger partial charge in [0, 0.05) is 5.75 Å². The number of anilines is 1. The maximum absolute atomic E-state index is 13.0. The van der Waals surface area contributed by atoms with Gasteiger partial charge in [-0.2, -0.15) is 9.78 Å². The number of carbonyl (C=O) groups excluding carboxylic acids is 1. The second kappa shape index (κ2) is 9.99. The van der Waals surface area contributed by atoms with E-state index in [-0.39, 0.29) is 46.9 Å². The van der Waals surface area contributed by atoms with Crippen molar-refractivity contribution in [1.82, 2.24) is 35.7 Å². The van der Waals surface area contributed by atoms with Crippen LogP contribution >= 0.6 is 23.1 Å². The normalized spacial score (nSPS) is 12.4. The van der Waals surface area contributed by atoms with Gasteiger partial charge in [-0.1, -0.05) is 29.1 Å². The number of aromatic nitrogens is 6. The number of nitrogens with one attached hydrogen (secondary N) is 1. The number of nitrogens with two attached hydrogens (primary N) is 1. The molecule has 0 fully saturated rings. The van der Waals surface area contributed by atoms with Gasteiger partial charge < -0.3 is 15.2 Å². The van der Waals surface area contributed by atoms with Crippen molar-refractivity contribution >= 4 is 56.9 Å². The number of para-hydroxylation sites is 1. The van der Waals surface area contributed by atoms with Gasteiger partial charge in [0.1, 0.15) is 0 Å². The summed E-state index contributed by atoms with van der Waals surface area (Å²) in [6.07, 6.45) is 1.12. The maximum Gasteiger partial charge on any atom is 0.293 e. The van der Waals surface area contributed by atoms with Crippen LogP contribution in [-0.2, 0) is 5.75 Å². The Bertz CT molecular complexity index is 1730. The summed E-state index contributed by atoms with van der Waals surface area (Å²) in [5.41, 5.74) is 9.08. The van der Waals surface area contributed by atoms with Gasteiger partial charge in [0.05, 0.1) is 38.7 Å². The lowest BCUT2D eigenvalue weighted by molar-refractivity contribution is -0.385. The first kappa shape index (κ1) is 24.2. The van der Waals surface area contributed by atoms with Crippen molar-refractivity contribution in [3.8, 4) is 17.3 Å². The number of nitro benzene ring substituents is 1. The van der Waals surface area contributed by atoms with Gasteiger partial charge in [-0.05, 0) is 28.5 Å². The van der Waals surface area contributed by atoms with Crippen molar-refractivity contribution in [2.45, 2.75) is 10.1 Å². The summed E-state index contributed by atoms with van der Waals surface area (Å²) in [4.78, 5) is 28.5. The van der Waals surface area contributed by atoms with Crippen molar-refractivity contribution in [3.63, 3.8) is 0 Å². The smallest absolute Gasteiger partial charge is 0.293 e. The van der Waals surface area contributed by atoms with E-state index >= 15 is 0 Å². The highest BCUT2D eigenvalue weighted by Gasteiger charge is 2.25. The van der Waals surface area contributed by atoms with Crippen LogP contribution < -0.4 is 20.6 Å². The molecule has 3 aromatic heterocycles. The highest BCUT2D eigenvalue weighted by Crippen LogP contribution is 2.37. The molecule has 0 aliphatic carbocycles. The number of benzene rings is 2. The van der Waals surface area contributed by atoms with Gasteiger partial charge in [-0.25, -0.2) is 15.0 Å². The molecule has 0 unspecified atom stereocenters. The third-order valence-electron chi connectivity index (χ3n) is 5.37. The van der Waals surface area contributed by atoms with Crippen molar-refractivity contribution in [2.75, 3.05) is 12.5 Å². The SMILES string of the molecule is Nc1nonc1-n1nnc(C(=O)NN=Cc2cc3c(cc2[N+](=O)[O-])OCO3)c1CSc1nc2ccccc2s1. The zero-order valence-corrected chi connectivity index (χ0v) is 21.0. The van der Waals surface area contributed by atoms with E-state index in [1.54, 1.807) is 0 Å². The molecule has 0 spiro atoms. The zero-order chi connectivity index (χ0) is 26.9. The van der Waals surface area contributed by atoms with E-state index in [0.717, 1.165) is 20.8 Å². The second-order valence-corrected chi connectivity index (χ2v) is 9.98. The van der Waals surface area contributed by atoms with Crippen LogP contribution in [0.1, 0.15) is 21.7 Å². The molecule has 0 saturated heterocycles. The molecule has 1 amide bonds. The van der Waals surface area contributed by atoms with E-state index in [2.05, 4.69) is 40.8 Å². The summed E-state index contributed by atoms with van der Waals surface area (Å²) in [7, 11) is 0. The van der Waals surface area contributed by atoms with E-state index in [1.807, 2.05) is 24.3 Å². The van der Waals surface area contributed by atoms with E-state index in [1.165, 1.54) is 39.9 Å². The Morgan fingerprint density at radius 1 is 1.28 bits per heavy atom. The number of rotatable bonds is 8. The Balaban J connectivity index is 1.26. The monoisotopic (exact) mass is 566 g/mol. The molecule has 0 atom stereocenters. The van der Waals surface area contributed by atoms with Crippen LogP contribution in [0.25, 0.3) is 16.0 Å². The summed E-state index contributed by atoms with van der Waals surface area (Å²) in [5.74, 6) is 0.0582.